The highest BCUT2D eigenvalue weighted by atomic mass is 35.5. The van der Waals surface area contributed by atoms with Crippen LogP contribution in [-0.4, -0.2) is 15.8 Å². The van der Waals surface area contributed by atoms with Crippen molar-refractivity contribution < 1.29 is 19.4 Å². The van der Waals surface area contributed by atoms with Crippen molar-refractivity contribution >= 4 is 28.9 Å². The Morgan fingerprint density at radius 1 is 1.26 bits per heavy atom. The Bertz CT molecular complexity index is 510. The minimum Gasteiger partial charge on any atom is -0.426 e. The highest BCUT2D eigenvalue weighted by molar-refractivity contribution is 6.34. The SMILES string of the molecule is CCCC(=O)Oc1cc([N+](=O)[O-])c(Cl)c([N+](=O)[O-])c1. The molecule has 0 bridgehead atoms. The molecule has 19 heavy (non-hydrogen) atoms. The van der Waals surface area contributed by atoms with E-state index >= 15 is 0 Å². The topological polar surface area (TPSA) is 113 Å². The van der Waals surface area contributed by atoms with E-state index in [9.17, 15) is 25.0 Å². The van der Waals surface area contributed by atoms with Gasteiger partial charge in [-0.3, -0.25) is 25.0 Å². The van der Waals surface area contributed by atoms with Crippen molar-refractivity contribution in [1.82, 2.24) is 0 Å². The Labute approximate surface area is 112 Å². The van der Waals surface area contributed by atoms with Crippen molar-refractivity contribution in [2.75, 3.05) is 0 Å². The standard InChI is InChI=1S/C10H9ClN2O6/c1-2-3-9(14)19-6-4-7(12(15)16)10(11)8(5-6)13(17)18/h4-5H,2-3H2,1H3. The van der Waals surface area contributed by atoms with Crippen molar-refractivity contribution in [2.45, 2.75) is 19.8 Å². The average Bonchev–Trinajstić information content (AvgIpc) is 2.30. The molecule has 0 unspecified atom stereocenters. The minimum atomic E-state index is -0.882. The van der Waals surface area contributed by atoms with Gasteiger partial charge in [-0.2, -0.15) is 0 Å². The molecule has 0 aliphatic rings. The molecular weight excluding hydrogens is 280 g/mol. The maximum atomic E-state index is 11.3. The van der Waals surface area contributed by atoms with Crippen molar-refractivity contribution in [3.63, 3.8) is 0 Å². The van der Waals surface area contributed by atoms with Crippen LogP contribution in [0.4, 0.5) is 11.4 Å². The van der Waals surface area contributed by atoms with Crippen LogP contribution < -0.4 is 4.74 Å². The van der Waals surface area contributed by atoms with E-state index < -0.39 is 32.2 Å². The lowest BCUT2D eigenvalue weighted by Crippen LogP contribution is -2.07. The molecule has 0 radical (unpaired) electrons. The first-order valence-electron chi connectivity index (χ1n) is 5.19. The molecule has 0 spiro atoms. The summed E-state index contributed by atoms with van der Waals surface area (Å²) in [6.07, 6.45) is 0.626. The maximum absolute atomic E-state index is 11.3. The monoisotopic (exact) mass is 288 g/mol. The first-order valence-corrected chi connectivity index (χ1v) is 5.57. The third-order valence-corrected chi connectivity index (χ3v) is 2.47. The van der Waals surface area contributed by atoms with Crippen LogP contribution in [0.1, 0.15) is 19.8 Å². The highest BCUT2D eigenvalue weighted by Crippen LogP contribution is 2.37. The van der Waals surface area contributed by atoms with E-state index in [1.165, 1.54) is 0 Å². The van der Waals surface area contributed by atoms with E-state index in [4.69, 9.17) is 16.3 Å². The predicted octanol–water partition coefficient (Wildman–Crippen LogP) is 2.86. The van der Waals surface area contributed by atoms with Crippen LogP contribution in [0.2, 0.25) is 5.02 Å². The van der Waals surface area contributed by atoms with Crippen LogP contribution in [0.5, 0.6) is 5.75 Å². The fourth-order valence-electron chi connectivity index (χ4n) is 1.28. The smallest absolute Gasteiger partial charge is 0.311 e. The molecule has 1 aromatic carbocycles. The van der Waals surface area contributed by atoms with Gasteiger partial charge in [0.05, 0.1) is 22.0 Å². The molecule has 0 N–H and O–H groups in total. The van der Waals surface area contributed by atoms with Crippen molar-refractivity contribution in [3.05, 3.63) is 37.4 Å². The predicted molar refractivity (Wildman–Crippen MR) is 65.3 cm³/mol. The first-order chi connectivity index (χ1) is 8.86. The van der Waals surface area contributed by atoms with Crippen LogP contribution in [-0.2, 0) is 4.79 Å². The lowest BCUT2D eigenvalue weighted by Gasteiger charge is -2.04. The van der Waals surface area contributed by atoms with Crippen molar-refractivity contribution in [2.24, 2.45) is 0 Å². The Kier molecular flexibility index (Phi) is 4.76. The number of halogens is 1. The van der Waals surface area contributed by atoms with Gasteiger partial charge in [-0.05, 0) is 6.42 Å². The Morgan fingerprint density at radius 2 is 1.74 bits per heavy atom. The normalized spacial score (nSPS) is 10.0. The number of rotatable bonds is 5. The summed E-state index contributed by atoms with van der Waals surface area (Å²) in [6.45, 7) is 1.74. The fraction of sp³-hybridized carbons (Fsp3) is 0.300. The van der Waals surface area contributed by atoms with Crippen molar-refractivity contribution in [3.8, 4) is 5.75 Å². The number of carbonyl (C=O) groups is 1. The number of hydrogen-bond acceptors (Lipinski definition) is 6. The van der Waals surface area contributed by atoms with Gasteiger partial charge in [-0.15, -0.1) is 0 Å². The van der Waals surface area contributed by atoms with Gasteiger partial charge in [-0.25, -0.2) is 0 Å². The number of nitro groups is 2. The van der Waals surface area contributed by atoms with Gasteiger partial charge in [0.25, 0.3) is 11.4 Å². The molecule has 0 aromatic heterocycles. The van der Waals surface area contributed by atoms with E-state index in [0.29, 0.717) is 6.42 Å². The van der Waals surface area contributed by atoms with Gasteiger partial charge in [0, 0.05) is 6.42 Å². The van der Waals surface area contributed by atoms with Gasteiger partial charge in [0.15, 0.2) is 5.02 Å². The lowest BCUT2D eigenvalue weighted by molar-refractivity contribution is -0.394. The zero-order valence-electron chi connectivity index (χ0n) is 9.79. The second kappa shape index (κ2) is 6.10. The summed E-state index contributed by atoms with van der Waals surface area (Å²) >= 11 is 5.54. The third kappa shape index (κ3) is 3.62. The van der Waals surface area contributed by atoms with Gasteiger partial charge in [-0.1, -0.05) is 18.5 Å². The van der Waals surface area contributed by atoms with Crippen molar-refractivity contribution in [1.29, 1.82) is 0 Å². The number of ether oxygens (including phenoxy) is 1. The minimum absolute atomic E-state index is 0.101. The molecule has 0 aliphatic carbocycles. The molecular formula is C10H9ClN2O6. The summed E-state index contributed by atoms with van der Waals surface area (Å²) in [5.41, 5.74) is -1.37. The summed E-state index contributed by atoms with van der Waals surface area (Å²) in [5, 5.41) is 20.8. The Balaban J connectivity index is 3.23. The maximum Gasteiger partial charge on any atom is 0.311 e. The largest absolute Gasteiger partial charge is 0.426 e. The molecule has 0 saturated carbocycles. The van der Waals surface area contributed by atoms with Crippen LogP contribution >= 0.6 is 11.6 Å². The zero-order chi connectivity index (χ0) is 14.6. The fourth-order valence-corrected chi connectivity index (χ4v) is 1.53. The second-order valence-electron chi connectivity index (χ2n) is 3.51. The van der Waals surface area contributed by atoms with E-state index in [1.54, 1.807) is 6.92 Å². The van der Waals surface area contributed by atoms with Crippen LogP contribution in [0.25, 0.3) is 0 Å². The van der Waals surface area contributed by atoms with Crippen LogP contribution in [0.15, 0.2) is 12.1 Å². The third-order valence-electron chi connectivity index (χ3n) is 2.09. The second-order valence-corrected chi connectivity index (χ2v) is 3.89. The van der Waals surface area contributed by atoms with E-state index in [1.807, 2.05) is 0 Å². The Morgan fingerprint density at radius 3 is 2.11 bits per heavy atom. The van der Waals surface area contributed by atoms with Gasteiger partial charge < -0.3 is 4.74 Å². The number of benzene rings is 1. The Hall–Kier alpha value is -2.22. The number of carbonyl (C=O) groups excluding carboxylic acids is 1. The number of hydrogen-bond donors (Lipinski definition) is 0. The summed E-state index contributed by atoms with van der Waals surface area (Å²) < 4.78 is 4.78. The first kappa shape index (κ1) is 14.8. The van der Waals surface area contributed by atoms with Crippen LogP contribution in [0.3, 0.4) is 0 Å². The number of nitrogens with zero attached hydrogens (tertiary/aromatic N) is 2. The summed E-state index contributed by atoms with van der Waals surface area (Å²) in [4.78, 5) is 30.9. The molecule has 0 amide bonds. The van der Waals surface area contributed by atoms with Gasteiger partial charge in [0.1, 0.15) is 5.75 Å². The molecule has 9 heteroatoms. The molecule has 0 heterocycles. The molecule has 8 nitrogen and oxygen atoms in total. The number of nitro benzene ring substituents is 2. The summed E-state index contributed by atoms with van der Waals surface area (Å²) in [6, 6.07) is 1.76. The molecule has 0 atom stereocenters. The summed E-state index contributed by atoms with van der Waals surface area (Å²) in [5.74, 6) is -0.908. The van der Waals surface area contributed by atoms with E-state index in [-0.39, 0.29) is 12.2 Å². The van der Waals surface area contributed by atoms with Gasteiger partial charge >= 0.3 is 5.97 Å². The highest BCUT2D eigenvalue weighted by Gasteiger charge is 2.26. The molecule has 0 fully saturated rings. The van der Waals surface area contributed by atoms with E-state index in [2.05, 4.69) is 0 Å². The number of esters is 1. The summed E-state index contributed by atoms with van der Waals surface area (Å²) in [7, 11) is 0. The van der Waals surface area contributed by atoms with Crippen LogP contribution in [0, 0.1) is 20.2 Å². The zero-order valence-corrected chi connectivity index (χ0v) is 10.5. The quantitative estimate of drug-likeness (QED) is 0.356. The molecule has 0 aliphatic heterocycles. The molecule has 1 rings (SSSR count). The molecule has 0 saturated heterocycles. The van der Waals surface area contributed by atoms with E-state index in [0.717, 1.165) is 12.1 Å². The molecule has 102 valence electrons. The average molecular weight is 289 g/mol. The van der Waals surface area contributed by atoms with Gasteiger partial charge in [0.2, 0.25) is 0 Å². The lowest BCUT2D eigenvalue weighted by atomic mass is 10.2. The molecule has 1 aromatic rings.